The van der Waals surface area contributed by atoms with Gasteiger partial charge in [0.05, 0.1) is 0 Å². The van der Waals surface area contributed by atoms with E-state index >= 15 is 0 Å². The number of amides is 2. The van der Waals surface area contributed by atoms with Crippen LogP contribution >= 0.6 is 27.3 Å². The molecule has 1 aromatic heterocycles. The van der Waals surface area contributed by atoms with Gasteiger partial charge in [0, 0.05) is 0 Å². The van der Waals surface area contributed by atoms with Crippen LogP contribution in [0.3, 0.4) is 0 Å². The summed E-state index contributed by atoms with van der Waals surface area (Å²) in [5.74, 6) is -0.636. The number of carbonyl (C=O) groups excluding carboxylic acids is 2. The largest absolute Gasteiger partial charge is 0.443 e. The third kappa shape index (κ3) is 3.95. The maximum atomic E-state index is 14.3. The smallest absolute Gasteiger partial charge is 0.426 e. The van der Waals surface area contributed by atoms with E-state index in [1.807, 2.05) is 0 Å². The standard InChI is InChI=1S/C13H17BrFN3O3S/c1-12(2,3)21-11(20)18-17-9(19)7-8(14)22-10(16-7)13(15)5-4-6-13/h4-6H2,1-3H3,(H,17,19)(H,18,20). The maximum absolute atomic E-state index is 14.3. The number of alkyl halides is 1. The molecule has 0 aliphatic heterocycles. The molecule has 1 aromatic rings. The van der Waals surface area contributed by atoms with Gasteiger partial charge in [-0.2, -0.15) is 0 Å². The Kier molecular flexibility index (Phi) is 4.76. The van der Waals surface area contributed by atoms with Gasteiger partial charge in [0.15, 0.2) is 11.4 Å². The highest BCUT2D eigenvalue weighted by molar-refractivity contribution is 9.11. The van der Waals surface area contributed by atoms with Crippen molar-refractivity contribution in [2.45, 2.75) is 51.3 Å². The molecule has 2 rings (SSSR count). The molecule has 1 aliphatic carbocycles. The monoisotopic (exact) mass is 393 g/mol. The Labute approximate surface area is 139 Å². The van der Waals surface area contributed by atoms with Crippen molar-refractivity contribution in [1.82, 2.24) is 15.8 Å². The first-order chi connectivity index (χ1) is 10.1. The molecule has 6 nitrogen and oxygen atoms in total. The second kappa shape index (κ2) is 6.11. The molecule has 0 saturated heterocycles. The van der Waals surface area contributed by atoms with Crippen LogP contribution in [0.2, 0.25) is 0 Å². The van der Waals surface area contributed by atoms with Crippen molar-refractivity contribution in [3.63, 3.8) is 0 Å². The number of hydrogen-bond acceptors (Lipinski definition) is 5. The lowest BCUT2D eigenvalue weighted by atomic mass is 9.83. The Hall–Kier alpha value is -1.22. The first-order valence-electron chi connectivity index (χ1n) is 6.76. The van der Waals surface area contributed by atoms with E-state index in [0.29, 0.717) is 16.6 Å². The molecule has 1 heterocycles. The molecule has 0 aromatic carbocycles. The predicted molar refractivity (Wildman–Crippen MR) is 83.3 cm³/mol. The van der Waals surface area contributed by atoms with Gasteiger partial charge in [-0.25, -0.2) is 19.6 Å². The third-order valence-corrected chi connectivity index (χ3v) is 4.89. The third-order valence-electron chi connectivity index (χ3n) is 3.01. The summed E-state index contributed by atoms with van der Waals surface area (Å²) in [7, 11) is 0. The Balaban J connectivity index is 1.97. The van der Waals surface area contributed by atoms with Crippen molar-refractivity contribution < 1.29 is 18.7 Å². The van der Waals surface area contributed by atoms with Crippen LogP contribution in [0.4, 0.5) is 9.18 Å². The Morgan fingerprint density at radius 1 is 1.36 bits per heavy atom. The van der Waals surface area contributed by atoms with Crippen molar-refractivity contribution in [2.24, 2.45) is 0 Å². The van der Waals surface area contributed by atoms with Gasteiger partial charge in [0.25, 0.3) is 5.91 Å². The molecule has 1 aliphatic rings. The van der Waals surface area contributed by atoms with E-state index < -0.39 is 23.3 Å². The molecule has 0 unspecified atom stereocenters. The predicted octanol–water partition coefficient (Wildman–Crippen LogP) is 3.42. The fraction of sp³-hybridized carbons (Fsp3) is 0.615. The van der Waals surface area contributed by atoms with Crippen LogP contribution in [0.15, 0.2) is 3.79 Å². The summed E-state index contributed by atoms with van der Waals surface area (Å²) in [5, 5.41) is 0.285. The molecular weight excluding hydrogens is 377 g/mol. The van der Waals surface area contributed by atoms with Gasteiger partial charge >= 0.3 is 6.09 Å². The molecule has 9 heteroatoms. The van der Waals surface area contributed by atoms with E-state index in [1.54, 1.807) is 20.8 Å². The van der Waals surface area contributed by atoms with Gasteiger partial charge < -0.3 is 4.74 Å². The van der Waals surface area contributed by atoms with Crippen molar-refractivity contribution in [3.05, 3.63) is 14.5 Å². The average Bonchev–Trinajstić information content (AvgIpc) is 2.73. The van der Waals surface area contributed by atoms with E-state index in [2.05, 4.69) is 31.8 Å². The minimum absolute atomic E-state index is 0.0417. The van der Waals surface area contributed by atoms with E-state index in [0.717, 1.165) is 17.8 Å². The lowest BCUT2D eigenvalue weighted by Gasteiger charge is -2.31. The number of carbonyl (C=O) groups is 2. The lowest BCUT2D eigenvalue weighted by molar-refractivity contribution is 0.0481. The molecule has 0 radical (unpaired) electrons. The summed E-state index contributed by atoms with van der Waals surface area (Å²) >= 11 is 4.30. The zero-order valence-corrected chi connectivity index (χ0v) is 14.9. The number of nitrogens with zero attached hydrogens (tertiary/aromatic N) is 1. The summed E-state index contributed by atoms with van der Waals surface area (Å²) in [6.07, 6.45) is 0.873. The number of nitrogens with one attached hydrogen (secondary N) is 2. The molecule has 0 atom stereocenters. The van der Waals surface area contributed by atoms with Crippen LogP contribution in [0.25, 0.3) is 0 Å². The summed E-state index contributed by atoms with van der Waals surface area (Å²) in [6.45, 7) is 5.12. The van der Waals surface area contributed by atoms with Crippen molar-refractivity contribution in [1.29, 1.82) is 0 Å². The molecule has 22 heavy (non-hydrogen) atoms. The lowest BCUT2D eigenvalue weighted by Crippen LogP contribution is -2.44. The number of aromatic nitrogens is 1. The first-order valence-corrected chi connectivity index (χ1v) is 8.37. The van der Waals surface area contributed by atoms with Crippen molar-refractivity contribution in [3.8, 4) is 0 Å². The topological polar surface area (TPSA) is 80.3 Å². The zero-order chi connectivity index (χ0) is 16.5. The fourth-order valence-electron chi connectivity index (χ4n) is 1.80. The second-order valence-corrected chi connectivity index (χ2v) is 8.36. The van der Waals surface area contributed by atoms with Crippen LogP contribution < -0.4 is 10.9 Å². The highest BCUT2D eigenvalue weighted by atomic mass is 79.9. The Bertz CT molecular complexity index is 596. The van der Waals surface area contributed by atoms with Gasteiger partial charge in [0.2, 0.25) is 0 Å². The number of hydrogen-bond donors (Lipinski definition) is 2. The highest BCUT2D eigenvalue weighted by Crippen LogP contribution is 2.47. The van der Waals surface area contributed by atoms with E-state index in [4.69, 9.17) is 4.74 Å². The van der Waals surface area contributed by atoms with Crippen molar-refractivity contribution in [2.75, 3.05) is 0 Å². The molecule has 122 valence electrons. The van der Waals surface area contributed by atoms with Gasteiger partial charge in [0.1, 0.15) is 14.4 Å². The van der Waals surface area contributed by atoms with Crippen LogP contribution in [0, 0.1) is 0 Å². The minimum Gasteiger partial charge on any atom is -0.443 e. The number of rotatable bonds is 2. The average molecular weight is 394 g/mol. The van der Waals surface area contributed by atoms with E-state index in [-0.39, 0.29) is 10.7 Å². The van der Waals surface area contributed by atoms with Crippen molar-refractivity contribution >= 4 is 39.3 Å². The molecule has 1 fully saturated rings. The fourth-order valence-corrected chi connectivity index (χ4v) is 3.46. The second-order valence-electron chi connectivity index (χ2n) is 6.04. The van der Waals surface area contributed by atoms with Gasteiger partial charge in [-0.15, -0.1) is 11.3 Å². The molecule has 2 amide bonds. The van der Waals surface area contributed by atoms with Crippen LogP contribution in [-0.2, 0) is 10.4 Å². The Morgan fingerprint density at radius 3 is 2.50 bits per heavy atom. The quantitative estimate of drug-likeness (QED) is 0.754. The number of thiazole rings is 1. The zero-order valence-electron chi connectivity index (χ0n) is 12.5. The Morgan fingerprint density at radius 2 is 2.00 bits per heavy atom. The van der Waals surface area contributed by atoms with Gasteiger partial charge in [-0.3, -0.25) is 10.2 Å². The normalized spacial score (nSPS) is 16.6. The van der Waals surface area contributed by atoms with E-state index in [1.165, 1.54) is 0 Å². The minimum atomic E-state index is -1.43. The van der Waals surface area contributed by atoms with Gasteiger partial charge in [-0.05, 0) is 56.0 Å². The molecular formula is C13H17BrFN3O3S. The highest BCUT2D eigenvalue weighted by Gasteiger charge is 2.42. The maximum Gasteiger partial charge on any atom is 0.426 e. The summed E-state index contributed by atoms with van der Waals surface area (Å²) in [4.78, 5) is 27.5. The summed E-state index contributed by atoms with van der Waals surface area (Å²) in [5.41, 5.74) is 2.26. The van der Waals surface area contributed by atoms with Gasteiger partial charge in [-0.1, -0.05) is 0 Å². The number of hydrazine groups is 1. The number of halogens is 2. The molecule has 1 saturated carbocycles. The number of ether oxygens (including phenoxy) is 1. The summed E-state index contributed by atoms with van der Waals surface area (Å²) in [6, 6.07) is 0. The SMILES string of the molecule is CC(C)(C)OC(=O)NNC(=O)c1nc(C2(F)CCC2)sc1Br. The van der Waals surface area contributed by atoms with Crippen LogP contribution in [0.1, 0.15) is 55.5 Å². The molecule has 0 bridgehead atoms. The van der Waals surface area contributed by atoms with E-state index in [9.17, 15) is 14.0 Å². The molecule has 0 spiro atoms. The summed E-state index contributed by atoms with van der Waals surface area (Å²) < 4.78 is 19.7. The molecule has 2 N–H and O–H groups in total. The first kappa shape index (κ1) is 17.1. The van der Waals surface area contributed by atoms with Crippen LogP contribution in [-0.4, -0.2) is 22.6 Å². The van der Waals surface area contributed by atoms with Crippen LogP contribution in [0.5, 0.6) is 0 Å².